The molecule has 4 atom stereocenters. The SMILES string of the molecule is NC(N)=NCCCC(NC(=O)C(Cc1cnc[nH]1)NC(=O)C(N)CS)C(=O)NC(Cc1ccc(O)cc1)C(=O)O. The van der Waals surface area contributed by atoms with Gasteiger partial charge in [0.2, 0.25) is 17.7 Å². The van der Waals surface area contributed by atoms with Gasteiger partial charge in [0.25, 0.3) is 0 Å². The van der Waals surface area contributed by atoms with Crippen molar-refractivity contribution in [1.29, 1.82) is 0 Å². The van der Waals surface area contributed by atoms with Crippen LogP contribution in [0.1, 0.15) is 24.1 Å². The molecule has 1 heterocycles. The summed E-state index contributed by atoms with van der Waals surface area (Å²) in [6, 6.07) is 1.22. The molecule has 0 fully saturated rings. The van der Waals surface area contributed by atoms with Crippen LogP contribution in [0.2, 0.25) is 0 Å². The van der Waals surface area contributed by atoms with Crippen LogP contribution in [0.3, 0.4) is 0 Å². The highest BCUT2D eigenvalue weighted by Gasteiger charge is 2.30. The first-order valence-corrected chi connectivity index (χ1v) is 12.9. The van der Waals surface area contributed by atoms with Crippen LogP contribution in [-0.4, -0.2) is 86.3 Å². The van der Waals surface area contributed by atoms with Crippen molar-refractivity contribution in [3.8, 4) is 5.75 Å². The van der Waals surface area contributed by atoms with Crippen molar-refractivity contribution < 1.29 is 29.4 Å². The molecule has 0 spiro atoms. The van der Waals surface area contributed by atoms with Crippen molar-refractivity contribution >= 4 is 42.3 Å². The van der Waals surface area contributed by atoms with Crippen LogP contribution in [0.4, 0.5) is 0 Å². The summed E-state index contributed by atoms with van der Waals surface area (Å²) in [6.07, 6.45) is 3.15. The van der Waals surface area contributed by atoms with Gasteiger partial charge in [-0.05, 0) is 30.5 Å². The van der Waals surface area contributed by atoms with Crippen LogP contribution < -0.4 is 33.2 Å². The van der Waals surface area contributed by atoms with Gasteiger partial charge < -0.3 is 48.3 Å². The number of imidazole rings is 1. The van der Waals surface area contributed by atoms with E-state index in [1.54, 1.807) is 0 Å². The molecule has 0 saturated carbocycles. The molecule has 1 aromatic heterocycles. The van der Waals surface area contributed by atoms with Gasteiger partial charge >= 0.3 is 5.97 Å². The fraction of sp³-hybridized carbons (Fsp3) is 0.417. The molecule has 12 N–H and O–H groups in total. The molecule has 0 saturated heterocycles. The van der Waals surface area contributed by atoms with Crippen molar-refractivity contribution in [2.24, 2.45) is 22.2 Å². The number of carboxylic acid groups (broad SMARTS) is 1. The van der Waals surface area contributed by atoms with Crippen LogP contribution >= 0.6 is 12.6 Å². The van der Waals surface area contributed by atoms with E-state index in [4.69, 9.17) is 17.2 Å². The fourth-order valence-corrected chi connectivity index (χ4v) is 3.74. The number of aromatic nitrogens is 2. The molecule has 4 unspecified atom stereocenters. The van der Waals surface area contributed by atoms with Gasteiger partial charge in [-0.2, -0.15) is 12.6 Å². The minimum Gasteiger partial charge on any atom is -0.508 e. The molecule has 0 aliphatic rings. The molecule has 0 bridgehead atoms. The van der Waals surface area contributed by atoms with Crippen LogP contribution in [0.5, 0.6) is 5.75 Å². The van der Waals surface area contributed by atoms with Crippen molar-refractivity contribution in [3.63, 3.8) is 0 Å². The average molecular weight is 578 g/mol. The Morgan fingerprint density at radius 3 is 2.17 bits per heavy atom. The Morgan fingerprint density at radius 1 is 0.975 bits per heavy atom. The number of amides is 3. The number of phenols is 1. The van der Waals surface area contributed by atoms with Crippen molar-refractivity contribution in [1.82, 2.24) is 25.9 Å². The van der Waals surface area contributed by atoms with Crippen LogP contribution in [0.25, 0.3) is 0 Å². The number of nitrogens with zero attached hydrogens (tertiary/aromatic N) is 2. The number of hydrogen-bond donors (Lipinski definition) is 10. The lowest BCUT2D eigenvalue weighted by molar-refractivity contribution is -0.142. The summed E-state index contributed by atoms with van der Waals surface area (Å²) in [5.74, 6) is -3.48. The van der Waals surface area contributed by atoms with Gasteiger partial charge in [0.05, 0.1) is 12.4 Å². The second kappa shape index (κ2) is 15.9. The lowest BCUT2D eigenvalue weighted by Gasteiger charge is -2.25. The highest BCUT2D eigenvalue weighted by molar-refractivity contribution is 7.80. The Kier molecular flexibility index (Phi) is 12.7. The largest absolute Gasteiger partial charge is 0.508 e. The highest BCUT2D eigenvalue weighted by Crippen LogP contribution is 2.12. The van der Waals surface area contributed by atoms with Gasteiger partial charge in [-0.1, -0.05) is 12.1 Å². The predicted octanol–water partition coefficient (Wildman–Crippen LogP) is -2.25. The first-order chi connectivity index (χ1) is 19.0. The number of aromatic hydroxyl groups is 1. The highest BCUT2D eigenvalue weighted by atomic mass is 32.1. The number of benzene rings is 1. The first-order valence-electron chi connectivity index (χ1n) is 12.3. The summed E-state index contributed by atoms with van der Waals surface area (Å²) in [5.41, 5.74) is 17.5. The van der Waals surface area contributed by atoms with Gasteiger partial charge in [0.1, 0.15) is 23.9 Å². The molecule has 3 amide bonds. The number of aliphatic imine (C=N–C) groups is 1. The minimum atomic E-state index is -1.33. The Bertz CT molecular complexity index is 1160. The molecule has 2 rings (SSSR count). The number of aromatic amines is 1. The zero-order valence-electron chi connectivity index (χ0n) is 21.6. The van der Waals surface area contributed by atoms with Crippen molar-refractivity contribution in [3.05, 3.63) is 48.0 Å². The lowest BCUT2D eigenvalue weighted by Crippen LogP contribution is -2.58. The molecule has 0 aliphatic carbocycles. The molecule has 2 aromatic rings. The van der Waals surface area contributed by atoms with Gasteiger partial charge in [-0.3, -0.25) is 19.4 Å². The van der Waals surface area contributed by atoms with E-state index in [9.17, 15) is 29.4 Å². The third-order valence-electron chi connectivity index (χ3n) is 5.71. The molecule has 0 radical (unpaired) electrons. The predicted molar refractivity (Wildman–Crippen MR) is 149 cm³/mol. The van der Waals surface area contributed by atoms with E-state index in [1.807, 2.05) is 0 Å². The average Bonchev–Trinajstić information content (AvgIpc) is 3.43. The molecular weight excluding hydrogens is 542 g/mol. The van der Waals surface area contributed by atoms with Crippen LogP contribution in [0.15, 0.2) is 41.8 Å². The Hall–Kier alpha value is -4.31. The maximum Gasteiger partial charge on any atom is 0.326 e. The normalized spacial score (nSPS) is 13.8. The maximum atomic E-state index is 13.3. The second-order valence-electron chi connectivity index (χ2n) is 8.91. The lowest BCUT2D eigenvalue weighted by atomic mass is 10.0. The Labute approximate surface area is 235 Å². The molecule has 15 nitrogen and oxygen atoms in total. The van der Waals surface area contributed by atoms with Gasteiger partial charge in [0, 0.05) is 37.0 Å². The number of rotatable bonds is 16. The maximum absolute atomic E-state index is 13.3. The number of carbonyl (C=O) groups excluding carboxylic acids is 3. The number of carboxylic acids is 1. The van der Waals surface area contributed by atoms with E-state index in [2.05, 4.69) is 43.5 Å². The first kappa shape index (κ1) is 31.9. The van der Waals surface area contributed by atoms with E-state index in [1.165, 1.54) is 36.8 Å². The number of H-pyrrole nitrogens is 1. The van der Waals surface area contributed by atoms with Crippen molar-refractivity contribution in [2.75, 3.05) is 12.3 Å². The van der Waals surface area contributed by atoms with Crippen LogP contribution in [0, 0.1) is 0 Å². The number of guanidine groups is 1. The molecule has 218 valence electrons. The number of nitrogens with one attached hydrogen (secondary N) is 4. The van der Waals surface area contributed by atoms with Gasteiger partial charge in [-0.25, -0.2) is 9.78 Å². The molecule has 1 aromatic carbocycles. The Balaban J connectivity index is 2.22. The summed E-state index contributed by atoms with van der Waals surface area (Å²) in [7, 11) is 0. The summed E-state index contributed by atoms with van der Waals surface area (Å²) in [6.45, 7) is 0.156. The number of thiol groups is 1. The molecule has 40 heavy (non-hydrogen) atoms. The fourth-order valence-electron chi connectivity index (χ4n) is 3.57. The third kappa shape index (κ3) is 10.8. The number of hydrogen-bond acceptors (Lipinski definition) is 9. The molecular formula is C24H35N9O6S. The van der Waals surface area contributed by atoms with E-state index < -0.39 is 47.9 Å². The van der Waals surface area contributed by atoms with E-state index in [-0.39, 0.29) is 49.7 Å². The number of phenolic OH excluding ortho intramolecular Hbond substituents is 1. The summed E-state index contributed by atoms with van der Waals surface area (Å²) in [5, 5.41) is 26.8. The number of carbonyl (C=O) groups is 4. The Morgan fingerprint density at radius 2 is 1.60 bits per heavy atom. The smallest absolute Gasteiger partial charge is 0.326 e. The number of nitrogens with two attached hydrogens (primary N) is 3. The zero-order valence-corrected chi connectivity index (χ0v) is 22.5. The number of aliphatic carboxylic acids is 1. The zero-order chi connectivity index (χ0) is 29.7. The standard InChI is InChI=1S/C24H35N9O6S/c25-16(11-40)20(35)32-18(9-14-10-28-12-30-14)22(37)31-17(2-1-7-29-24(26)27)21(36)33-19(23(38)39)8-13-3-5-15(34)6-4-13/h3-6,10,12,16-19,34,40H,1-2,7-9,11,25H2,(H,28,30)(H,31,37)(H,32,35)(H,33,36)(H,38,39)(H4,26,27,29). The van der Waals surface area contributed by atoms with Crippen molar-refractivity contribution in [2.45, 2.75) is 49.9 Å². The summed E-state index contributed by atoms with van der Waals surface area (Å²) >= 11 is 4.01. The molecule has 16 heteroatoms. The quantitative estimate of drug-likeness (QED) is 0.0443. The monoisotopic (exact) mass is 577 g/mol. The second-order valence-corrected chi connectivity index (χ2v) is 9.28. The summed E-state index contributed by atoms with van der Waals surface area (Å²) < 4.78 is 0. The van der Waals surface area contributed by atoms with E-state index in [0.29, 0.717) is 11.3 Å². The molecule has 0 aliphatic heterocycles. The third-order valence-corrected chi connectivity index (χ3v) is 6.11. The van der Waals surface area contributed by atoms with E-state index in [0.717, 1.165) is 0 Å². The topological polar surface area (TPSA) is 264 Å². The van der Waals surface area contributed by atoms with Gasteiger partial charge in [0.15, 0.2) is 5.96 Å². The minimum absolute atomic E-state index is 0.00955. The van der Waals surface area contributed by atoms with Crippen LogP contribution in [-0.2, 0) is 32.0 Å². The van der Waals surface area contributed by atoms with Gasteiger partial charge in [-0.15, -0.1) is 0 Å². The summed E-state index contributed by atoms with van der Waals surface area (Å²) in [4.78, 5) is 61.5. The van der Waals surface area contributed by atoms with E-state index >= 15 is 0 Å².